The van der Waals surface area contributed by atoms with E-state index < -0.39 is 0 Å². The van der Waals surface area contributed by atoms with Crippen molar-refractivity contribution in [1.82, 2.24) is 0 Å². The predicted molar refractivity (Wildman–Crippen MR) is 38.2 cm³/mol. The second-order valence-electron chi connectivity index (χ2n) is 2.62. The lowest BCUT2D eigenvalue weighted by molar-refractivity contribution is 0.119. The summed E-state index contributed by atoms with van der Waals surface area (Å²) in [6, 6.07) is 0. The summed E-state index contributed by atoms with van der Waals surface area (Å²) in [4.78, 5) is 0. The quantitative estimate of drug-likeness (QED) is 0.495. The molecule has 0 radical (unpaired) electrons. The van der Waals surface area contributed by atoms with E-state index >= 15 is 0 Å². The summed E-state index contributed by atoms with van der Waals surface area (Å²) >= 11 is 0.174. The Morgan fingerprint density at radius 1 is 1.56 bits per heavy atom. The van der Waals surface area contributed by atoms with Crippen molar-refractivity contribution in [2.45, 2.75) is 26.4 Å². The van der Waals surface area contributed by atoms with Gasteiger partial charge in [0, 0.05) is 0 Å². The molecule has 0 saturated carbocycles. The fourth-order valence-corrected chi connectivity index (χ4v) is 0.603. The van der Waals surface area contributed by atoms with Gasteiger partial charge in [-0.2, -0.15) is 0 Å². The predicted octanol–water partition coefficient (Wildman–Crippen LogP) is 0.0606. The Balaban J connectivity index is 3.89. The van der Waals surface area contributed by atoms with Crippen molar-refractivity contribution >= 4 is 16.4 Å². The standard InChI is InChI=1S/C5H11NO2S/c1-5(2,3)8-4(6)9-7/h6H2,1-3H3. The number of hydrogen-bond acceptors (Lipinski definition) is 2. The van der Waals surface area contributed by atoms with E-state index in [1.807, 2.05) is 20.8 Å². The molecule has 4 heteroatoms. The third-order valence-electron chi connectivity index (χ3n) is 0.489. The minimum absolute atomic E-state index is 0.0255. The van der Waals surface area contributed by atoms with Crippen LogP contribution in [0.5, 0.6) is 0 Å². The normalized spacial score (nSPS) is 11.1. The second kappa shape index (κ2) is 3.10. The molecule has 0 spiro atoms. The third-order valence-corrected chi connectivity index (χ3v) is 0.737. The van der Waals surface area contributed by atoms with Crippen molar-refractivity contribution in [3.63, 3.8) is 0 Å². The lowest BCUT2D eigenvalue weighted by Crippen LogP contribution is -2.28. The molecule has 0 saturated heterocycles. The van der Waals surface area contributed by atoms with Crippen molar-refractivity contribution in [3.8, 4) is 0 Å². The van der Waals surface area contributed by atoms with Crippen molar-refractivity contribution in [2.75, 3.05) is 0 Å². The highest BCUT2D eigenvalue weighted by molar-refractivity contribution is 7.65. The van der Waals surface area contributed by atoms with Gasteiger partial charge in [-0.3, -0.25) is 5.73 Å². The maximum absolute atomic E-state index is 9.94. The van der Waals surface area contributed by atoms with E-state index in [1.54, 1.807) is 0 Å². The first kappa shape index (κ1) is 8.81. The van der Waals surface area contributed by atoms with Gasteiger partial charge in [0.05, 0.1) is 5.60 Å². The van der Waals surface area contributed by atoms with Crippen LogP contribution in [0.15, 0.2) is 0 Å². The Labute approximate surface area is 58.3 Å². The van der Waals surface area contributed by atoms with Crippen LogP contribution in [0.4, 0.5) is 0 Å². The van der Waals surface area contributed by atoms with Crippen LogP contribution in [-0.4, -0.2) is 15.0 Å². The topological polar surface area (TPSA) is 52.3 Å². The van der Waals surface area contributed by atoms with Crippen molar-refractivity contribution in [1.29, 1.82) is 0 Å². The Morgan fingerprint density at radius 2 is 2.00 bits per heavy atom. The van der Waals surface area contributed by atoms with Crippen molar-refractivity contribution in [2.24, 2.45) is 5.73 Å². The molecule has 0 rings (SSSR count). The summed E-state index contributed by atoms with van der Waals surface area (Å²) < 4.78 is 14.9. The van der Waals surface area contributed by atoms with Crippen LogP contribution in [0.1, 0.15) is 20.8 Å². The molecule has 2 N–H and O–H groups in total. The van der Waals surface area contributed by atoms with Crippen LogP contribution in [0.2, 0.25) is 0 Å². The minimum atomic E-state index is -0.360. The van der Waals surface area contributed by atoms with Gasteiger partial charge >= 0.3 is 0 Å². The third kappa shape index (κ3) is 5.68. The monoisotopic (exact) mass is 149 g/mol. The van der Waals surface area contributed by atoms with E-state index in [2.05, 4.69) is 0 Å². The lowest BCUT2D eigenvalue weighted by atomic mass is 10.2. The Kier molecular flexibility index (Phi) is 3.03. The Hall–Kier alpha value is -0.190. The highest BCUT2D eigenvalue weighted by Gasteiger charge is 2.11. The van der Waals surface area contributed by atoms with Gasteiger partial charge in [0.2, 0.25) is 5.17 Å². The van der Waals surface area contributed by atoms with E-state index in [1.165, 1.54) is 0 Å². The van der Waals surface area contributed by atoms with Crippen LogP contribution >= 0.6 is 0 Å². The van der Waals surface area contributed by atoms with Gasteiger partial charge in [-0.15, -0.1) is 0 Å². The maximum atomic E-state index is 9.94. The zero-order chi connectivity index (χ0) is 7.49. The molecule has 0 atom stereocenters. The molecule has 0 aromatic heterocycles. The molecule has 0 amide bonds. The first-order chi connectivity index (χ1) is 3.95. The van der Waals surface area contributed by atoms with Gasteiger partial charge < -0.3 is 4.74 Å². The van der Waals surface area contributed by atoms with E-state index in [0.717, 1.165) is 0 Å². The van der Waals surface area contributed by atoms with E-state index in [0.29, 0.717) is 0 Å². The Bertz CT molecular complexity index is 144. The van der Waals surface area contributed by atoms with Crippen LogP contribution in [-0.2, 0) is 16.0 Å². The highest BCUT2D eigenvalue weighted by atomic mass is 32.1. The molecular weight excluding hydrogens is 138 g/mol. The summed E-state index contributed by atoms with van der Waals surface area (Å²) in [7, 11) is 0. The zero-order valence-corrected chi connectivity index (χ0v) is 6.62. The first-order valence-electron chi connectivity index (χ1n) is 2.57. The molecule has 54 valence electrons. The number of nitrogens with two attached hydrogens (primary N) is 1. The molecule has 0 unspecified atom stereocenters. The van der Waals surface area contributed by atoms with Gasteiger partial charge in [0.25, 0.3) is 0 Å². The van der Waals surface area contributed by atoms with Gasteiger partial charge in [-0.1, -0.05) is 0 Å². The summed E-state index contributed by atoms with van der Waals surface area (Å²) in [5.41, 5.74) is 4.74. The zero-order valence-electron chi connectivity index (χ0n) is 5.80. The second-order valence-corrected chi connectivity index (χ2v) is 3.19. The van der Waals surface area contributed by atoms with Crippen molar-refractivity contribution < 1.29 is 8.95 Å². The molecule has 0 aliphatic carbocycles. The molecule has 0 aliphatic rings. The van der Waals surface area contributed by atoms with Crippen LogP contribution < -0.4 is 5.73 Å². The summed E-state index contributed by atoms with van der Waals surface area (Å²) in [6.45, 7) is 5.49. The summed E-state index contributed by atoms with van der Waals surface area (Å²) in [6.07, 6.45) is 0. The SMILES string of the molecule is CC(C)(C)OC(N)=S=O. The smallest absolute Gasteiger partial charge is 0.214 e. The molecular formula is C5H11NO2S. The molecule has 0 aliphatic heterocycles. The highest BCUT2D eigenvalue weighted by Crippen LogP contribution is 2.04. The molecule has 9 heavy (non-hydrogen) atoms. The van der Waals surface area contributed by atoms with Gasteiger partial charge in [-0.05, 0) is 20.8 Å². The Morgan fingerprint density at radius 3 is 2.11 bits per heavy atom. The van der Waals surface area contributed by atoms with Gasteiger partial charge in [-0.25, -0.2) is 4.21 Å². The molecule has 0 heterocycles. The van der Waals surface area contributed by atoms with Crippen LogP contribution in [0, 0.1) is 0 Å². The van der Waals surface area contributed by atoms with Gasteiger partial charge in [0.1, 0.15) is 11.3 Å². The summed E-state index contributed by atoms with van der Waals surface area (Å²) in [5, 5.41) is -0.0255. The fraction of sp³-hybridized carbons (Fsp3) is 0.800. The van der Waals surface area contributed by atoms with Gasteiger partial charge in [0.15, 0.2) is 0 Å². The van der Waals surface area contributed by atoms with E-state index in [9.17, 15) is 4.21 Å². The van der Waals surface area contributed by atoms with Crippen molar-refractivity contribution in [3.05, 3.63) is 0 Å². The van der Waals surface area contributed by atoms with Crippen LogP contribution in [0.3, 0.4) is 0 Å². The molecule has 0 aromatic rings. The first-order valence-corrected chi connectivity index (χ1v) is 3.31. The largest absolute Gasteiger partial charge is 0.319 e. The fourth-order valence-electron chi connectivity index (χ4n) is 0.319. The molecule has 3 nitrogen and oxygen atoms in total. The average molecular weight is 149 g/mol. The number of hydrogen-bond donors (Lipinski definition) is 1. The maximum Gasteiger partial charge on any atom is 0.214 e. The molecule has 0 aromatic carbocycles. The molecule has 0 bridgehead atoms. The van der Waals surface area contributed by atoms with E-state index in [4.69, 9.17) is 10.5 Å². The van der Waals surface area contributed by atoms with E-state index in [-0.39, 0.29) is 22.0 Å². The average Bonchev–Trinajstić information content (AvgIpc) is 1.62. The lowest BCUT2D eigenvalue weighted by Gasteiger charge is -2.16. The minimum Gasteiger partial charge on any atom is -0.319 e. The summed E-state index contributed by atoms with van der Waals surface area (Å²) in [5.74, 6) is 0. The number of rotatable bonds is 0. The molecule has 0 fully saturated rings. The number of ether oxygens (including phenoxy) is 1. The van der Waals surface area contributed by atoms with Crippen LogP contribution in [0.25, 0.3) is 0 Å².